The summed E-state index contributed by atoms with van der Waals surface area (Å²) in [5.41, 5.74) is 6.09. The summed E-state index contributed by atoms with van der Waals surface area (Å²) in [5.74, 6) is -2.56. The molecule has 2 rings (SSSR count). The first-order chi connectivity index (χ1) is 17.4. The minimum Gasteiger partial charge on any atom is -0.508 e. The Morgan fingerprint density at radius 1 is 0.973 bits per heavy atom. The molecule has 37 heavy (non-hydrogen) atoms. The molecule has 2 aromatic rings. The first kappa shape index (κ1) is 29.2. The summed E-state index contributed by atoms with van der Waals surface area (Å²) >= 11 is 1.10. The van der Waals surface area contributed by atoms with Crippen molar-refractivity contribution in [2.75, 3.05) is 5.32 Å². The van der Waals surface area contributed by atoms with Gasteiger partial charge in [-0.3, -0.25) is 24.0 Å². The molecule has 4 amide bonds. The van der Waals surface area contributed by atoms with Crippen LogP contribution in [0.1, 0.15) is 42.9 Å². The number of anilines is 1. The first-order valence-corrected chi connectivity index (χ1v) is 12.4. The van der Waals surface area contributed by atoms with Crippen LogP contribution in [0.25, 0.3) is 0 Å². The highest BCUT2D eigenvalue weighted by Gasteiger charge is 2.28. The van der Waals surface area contributed by atoms with Gasteiger partial charge in [-0.1, -0.05) is 37.3 Å². The molecule has 4 unspecified atom stereocenters. The summed E-state index contributed by atoms with van der Waals surface area (Å²) in [6, 6.07) is 2.35. The normalized spacial score (nSPS) is 14.1. The number of carbonyl (C=O) groups excluding carboxylic acids is 5. The van der Waals surface area contributed by atoms with Crippen LogP contribution in [0.5, 0.6) is 5.75 Å². The number of nitrogens with one attached hydrogen (secondary N) is 4. The molecule has 0 aliphatic carbocycles. The summed E-state index contributed by atoms with van der Waals surface area (Å²) in [4.78, 5) is 65.3. The highest BCUT2D eigenvalue weighted by atomic mass is 32.1. The number of primary amides is 1. The van der Waals surface area contributed by atoms with E-state index < -0.39 is 47.8 Å². The van der Waals surface area contributed by atoms with Gasteiger partial charge >= 0.3 is 0 Å². The highest BCUT2D eigenvalue weighted by molar-refractivity contribution is 7.17. The third kappa shape index (κ3) is 8.86. The Hall–Kier alpha value is -4.00. The maximum absolute atomic E-state index is 12.8. The van der Waals surface area contributed by atoms with Gasteiger partial charge in [0.2, 0.25) is 23.6 Å². The van der Waals surface area contributed by atoms with E-state index in [2.05, 4.69) is 26.3 Å². The molecule has 1 heterocycles. The van der Waals surface area contributed by atoms with Gasteiger partial charge in [0.25, 0.3) is 0 Å². The number of rotatable bonds is 13. The number of hydrogen-bond donors (Lipinski definition) is 6. The van der Waals surface area contributed by atoms with Crippen molar-refractivity contribution in [3.63, 3.8) is 0 Å². The molecule has 12 nitrogen and oxygen atoms in total. The maximum atomic E-state index is 12.8. The predicted octanol–water partition coefficient (Wildman–Crippen LogP) is 0.320. The number of nitrogens with two attached hydrogens (primary N) is 1. The predicted molar refractivity (Wildman–Crippen MR) is 138 cm³/mol. The lowest BCUT2D eigenvalue weighted by molar-refractivity contribution is -0.133. The van der Waals surface area contributed by atoms with Crippen LogP contribution in [0.15, 0.2) is 30.5 Å². The van der Waals surface area contributed by atoms with Crippen molar-refractivity contribution in [3.05, 3.63) is 40.9 Å². The van der Waals surface area contributed by atoms with Gasteiger partial charge in [0.1, 0.15) is 29.9 Å². The number of benzene rings is 1. The van der Waals surface area contributed by atoms with Crippen molar-refractivity contribution in [1.29, 1.82) is 0 Å². The Morgan fingerprint density at radius 3 is 2.05 bits per heavy atom. The number of phenols is 1. The van der Waals surface area contributed by atoms with E-state index in [9.17, 15) is 29.1 Å². The van der Waals surface area contributed by atoms with E-state index in [1.54, 1.807) is 12.1 Å². The number of carbonyl (C=O) groups is 5. The second kappa shape index (κ2) is 13.3. The van der Waals surface area contributed by atoms with Crippen molar-refractivity contribution in [2.45, 2.75) is 58.3 Å². The van der Waals surface area contributed by atoms with E-state index in [4.69, 9.17) is 5.73 Å². The topological polar surface area (TPSA) is 193 Å². The van der Waals surface area contributed by atoms with Crippen LogP contribution in [0, 0.1) is 5.92 Å². The average Bonchev–Trinajstić information content (AvgIpc) is 3.30. The largest absolute Gasteiger partial charge is 0.508 e. The summed E-state index contributed by atoms with van der Waals surface area (Å²) in [5, 5.41) is 20.4. The Bertz CT molecular complexity index is 1120. The van der Waals surface area contributed by atoms with E-state index in [1.165, 1.54) is 32.2 Å². The van der Waals surface area contributed by atoms with Crippen LogP contribution < -0.4 is 27.0 Å². The number of amides is 4. The lowest BCUT2D eigenvalue weighted by Gasteiger charge is -2.24. The summed E-state index contributed by atoms with van der Waals surface area (Å²) in [6.45, 7) is 6.54. The molecule has 0 aliphatic heterocycles. The minimum atomic E-state index is -1.03. The van der Waals surface area contributed by atoms with E-state index >= 15 is 0 Å². The van der Waals surface area contributed by atoms with Crippen LogP contribution in [0.4, 0.5) is 5.13 Å². The fourth-order valence-electron chi connectivity index (χ4n) is 3.24. The molecule has 0 bridgehead atoms. The fraction of sp³-hybridized carbons (Fsp3) is 0.417. The fourth-order valence-corrected chi connectivity index (χ4v) is 3.90. The molecule has 13 heteroatoms. The molecule has 200 valence electrons. The monoisotopic (exact) mass is 532 g/mol. The molecule has 1 aromatic heterocycles. The van der Waals surface area contributed by atoms with Crippen LogP contribution in [0.3, 0.4) is 0 Å². The highest BCUT2D eigenvalue weighted by Crippen LogP contribution is 2.19. The van der Waals surface area contributed by atoms with Crippen LogP contribution in [0.2, 0.25) is 0 Å². The van der Waals surface area contributed by atoms with E-state index in [0.717, 1.165) is 11.3 Å². The van der Waals surface area contributed by atoms with Crippen LogP contribution >= 0.6 is 11.3 Å². The molecular formula is C24H32N6O6S. The van der Waals surface area contributed by atoms with Gasteiger partial charge in [0.05, 0.1) is 11.1 Å². The Balaban J connectivity index is 1.93. The van der Waals surface area contributed by atoms with Gasteiger partial charge in [0, 0.05) is 6.42 Å². The summed E-state index contributed by atoms with van der Waals surface area (Å²) in [7, 11) is 0. The zero-order valence-electron chi connectivity index (χ0n) is 21.0. The SMILES string of the molecule is CC(NC(=O)C(C)NC(=O)C(Nc1ncc(C=O)s1)C(C)C)C(=O)NC(Cc1ccc(O)cc1)C(N)=O. The summed E-state index contributed by atoms with van der Waals surface area (Å²) in [6.07, 6.45) is 2.16. The number of aldehydes is 1. The molecule has 0 saturated heterocycles. The molecular weight excluding hydrogens is 500 g/mol. The Labute approximate surface area is 218 Å². The molecule has 0 radical (unpaired) electrons. The second-order valence-corrected chi connectivity index (χ2v) is 9.91. The zero-order valence-corrected chi connectivity index (χ0v) is 21.8. The van der Waals surface area contributed by atoms with Crippen molar-refractivity contribution < 1.29 is 29.1 Å². The number of aromatic hydroxyl groups is 1. The number of phenolic OH excluding ortho intramolecular Hbond substituents is 1. The van der Waals surface area contributed by atoms with Crippen molar-refractivity contribution in [1.82, 2.24) is 20.9 Å². The van der Waals surface area contributed by atoms with Crippen molar-refractivity contribution in [2.24, 2.45) is 11.7 Å². The van der Waals surface area contributed by atoms with Crippen LogP contribution in [-0.2, 0) is 25.6 Å². The smallest absolute Gasteiger partial charge is 0.243 e. The third-order valence-corrected chi connectivity index (χ3v) is 6.26. The van der Waals surface area contributed by atoms with Crippen molar-refractivity contribution in [3.8, 4) is 5.75 Å². The van der Waals surface area contributed by atoms with Gasteiger partial charge in [-0.05, 0) is 37.5 Å². The van der Waals surface area contributed by atoms with Gasteiger partial charge in [-0.25, -0.2) is 4.98 Å². The Morgan fingerprint density at radius 2 is 1.54 bits per heavy atom. The average molecular weight is 533 g/mol. The lowest BCUT2D eigenvalue weighted by atomic mass is 10.0. The zero-order chi connectivity index (χ0) is 27.7. The lowest BCUT2D eigenvalue weighted by Crippen LogP contribution is -2.56. The molecule has 0 aliphatic rings. The number of nitrogens with zero attached hydrogens (tertiary/aromatic N) is 1. The van der Waals surface area contributed by atoms with Gasteiger partial charge in [-0.15, -0.1) is 0 Å². The number of thiazole rings is 1. The molecule has 1 aromatic carbocycles. The van der Waals surface area contributed by atoms with Gasteiger partial charge in [0.15, 0.2) is 11.4 Å². The van der Waals surface area contributed by atoms with E-state index in [0.29, 0.717) is 21.9 Å². The van der Waals surface area contributed by atoms with Gasteiger partial charge < -0.3 is 32.1 Å². The van der Waals surface area contributed by atoms with Crippen LogP contribution in [-0.4, -0.2) is 64.2 Å². The number of aromatic nitrogens is 1. The molecule has 0 spiro atoms. The number of hydrogen-bond acceptors (Lipinski definition) is 9. The minimum absolute atomic E-state index is 0.0617. The Kier molecular flexibility index (Phi) is 10.5. The first-order valence-electron chi connectivity index (χ1n) is 11.6. The molecule has 0 fully saturated rings. The molecule has 0 saturated carbocycles. The third-order valence-electron chi connectivity index (χ3n) is 5.41. The standard InChI is InChI=1S/C24H32N6O6S/c1-12(2)19(30-24-26-10-17(11-31)37-24)23(36)28-13(3)21(34)27-14(4)22(35)29-18(20(25)33)9-15-5-7-16(32)8-6-15/h5-8,10-14,18-19,32H,9H2,1-4H3,(H2,25,33)(H,26,30)(H,27,34)(H,28,36)(H,29,35). The molecule has 4 atom stereocenters. The quantitative estimate of drug-likeness (QED) is 0.199. The molecule has 7 N–H and O–H groups in total. The van der Waals surface area contributed by atoms with E-state index in [1.807, 2.05) is 13.8 Å². The van der Waals surface area contributed by atoms with Crippen molar-refractivity contribution >= 4 is 46.4 Å². The van der Waals surface area contributed by atoms with Gasteiger partial charge in [-0.2, -0.15) is 0 Å². The second-order valence-electron chi connectivity index (χ2n) is 8.85. The summed E-state index contributed by atoms with van der Waals surface area (Å²) < 4.78 is 0. The van der Waals surface area contributed by atoms with E-state index in [-0.39, 0.29) is 18.1 Å². The maximum Gasteiger partial charge on any atom is 0.243 e.